The van der Waals surface area contributed by atoms with Gasteiger partial charge in [0.1, 0.15) is 0 Å². The highest BCUT2D eigenvalue weighted by atomic mass is 32.1. The predicted octanol–water partition coefficient (Wildman–Crippen LogP) is 2.67. The molecule has 20 heavy (non-hydrogen) atoms. The number of hydrogen-bond donors (Lipinski definition) is 1. The number of hydrogen-bond acceptors (Lipinski definition) is 6. The Bertz CT molecular complexity index is 629. The SMILES string of the molecule is COC(=O)Cc1csc(Nc2ccc(CC#N)cc2)n1. The largest absolute Gasteiger partial charge is 0.469 e. The first-order valence-corrected chi connectivity index (χ1v) is 6.83. The minimum atomic E-state index is -0.303. The molecule has 6 heteroatoms. The third kappa shape index (κ3) is 3.80. The van der Waals surface area contributed by atoms with Gasteiger partial charge < -0.3 is 10.1 Å². The molecule has 0 atom stereocenters. The van der Waals surface area contributed by atoms with Gasteiger partial charge in [-0.05, 0) is 17.7 Å². The first kappa shape index (κ1) is 14.0. The lowest BCUT2D eigenvalue weighted by atomic mass is 10.1. The number of nitrogens with zero attached hydrogens (tertiary/aromatic N) is 2. The summed E-state index contributed by atoms with van der Waals surface area (Å²) < 4.78 is 4.60. The maximum Gasteiger partial charge on any atom is 0.311 e. The van der Waals surface area contributed by atoms with Gasteiger partial charge in [0, 0.05) is 11.1 Å². The summed E-state index contributed by atoms with van der Waals surface area (Å²) in [6.07, 6.45) is 0.580. The van der Waals surface area contributed by atoms with Gasteiger partial charge in [-0.1, -0.05) is 12.1 Å². The van der Waals surface area contributed by atoms with E-state index in [9.17, 15) is 4.79 Å². The van der Waals surface area contributed by atoms with Gasteiger partial charge in [-0.2, -0.15) is 5.26 Å². The Morgan fingerprint density at radius 2 is 2.20 bits per heavy atom. The quantitative estimate of drug-likeness (QED) is 0.856. The van der Waals surface area contributed by atoms with Crippen LogP contribution in [0, 0.1) is 11.3 Å². The molecule has 0 bridgehead atoms. The van der Waals surface area contributed by atoms with Crippen LogP contribution in [-0.4, -0.2) is 18.1 Å². The van der Waals surface area contributed by atoms with E-state index in [0.717, 1.165) is 16.4 Å². The number of nitriles is 1. The summed E-state index contributed by atoms with van der Waals surface area (Å²) in [7, 11) is 1.36. The highest BCUT2D eigenvalue weighted by Gasteiger charge is 2.07. The third-order valence-corrected chi connectivity index (χ3v) is 3.40. The van der Waals surface area contributed by atoms with Crippen LogP contribution in [0.5, 0.6) is 0 Å². The van der Waals surface area contributed by atoms with Crippen LogP contribution in [0.25, 0.3) is 0 Å². The molecule has 5 nitrogen and oxygen atoms in total. The molecule has 0 saturated carbocycles. The fourth-order valence-corrected chi connectivity index (χ4v) is 2.32. The molecule has 0 spiro atoms. The second kappa shape index (κ2) is 6.68. The highest BCUT2D eigenvalue weighted by Crippen LogP contribution is 2.21. The summed E-state index contributed by atoms with van der Waals surface area (Å²) in [6.45, 7) is 0. The molecule has 2 rings (SSSR count). The number of rotatable bonds is 5. The van der Waals surface area contributed by atoms with Gasteiger partial charge in [0.25, 0.3) is 0 Å². The average molecular weight is 287 g/mol. The molecule has 1 aromatic heterocycles. The molecule has 1 N–H and O–H groups in total. The Kier molecular flexibility index (Phi) is 4.69. The summed E-state index contributed by atoms with van der Waals surface area (Å²) in [5.41, 5.74) is 2.56. The van der Waals surface area contributed by atoms with Crippen LogP contribution >= 0.6 is 11.3 Å². The number of ether oxygens (including phenoxy) is 1. The number of carbonyl (C=O) groups is 1. The van der Waals surface area contributed by atoms with Gasteiger partial charge >= 0.3 is 5.97 Å². The van der Waals surface area contributed by atoms with Crippen molar-refractivity contribution in [1.82, 2.24) is 4.98 Å². The highest BCUT2D eigenvalue weighted by molar-refractivity contribution is 7.13. The molecule has 0 saturated heterocycles. The molecule has 0 unspecified atom stereocenters. The molecular formula is C14H13N3O2S. The number of benzene rings is 1. The number of esters is 1. The van der Waals surface area contributed by atoms with E-state index in [1.807, 2.05) is 29.6 Å². The molecule has 1 aromatic carbocycles. The molecule has 1 heterocycles. The molecule has 0 amide bonds. The van der Waals surface area contributed by atoms with Gasteiger partial charge in [0.15, 0.2) is 5.13 Å². The van der Waals surface area contributed by atoms with E-state index in [4.69, 9.17) is 5.26 Å². The van der Waals surface area contributed by atoms with Crippen molar-refractivity contribution in [3.8, 4) is 6.07 Å². The zero-order valence-corrected chi connectivity index (χ0v) is 11.7. The van der Waals surface area contributed by atoms with E-state index in [1.165, 1.54) is 18.4 Å². The van der Waals surface area contributed by atoms with E-state index in [0.29, 0.717) is 12.1 Å². The van der Waals surface area contributed by atoms with Gasteiger partial charge in [0.05, 0.1) is 31.7 Å². The number of methoxy groups -OCH3 is 1. The maximum atomic E-state index is 11.1. The third-order valence-electron chi connectivity index (χ3n) is 2.59. The van der Waals surface area contributed by atoms with Crippen molar-refractivity contribution in [2.75, 3.05) is 12.4 Å². The Labute approximate surface area is 120 Å². The smallest absolute Gasteiger partial charge is 0.311 e. The van der Waals surface area contributed by atoms with Crippen LogP contribution < -0.4 is 5.32 Å². The molecule has 0 aliphatic heterocycles. The lowest BCUT2D eigenvalue weighted by Gasteiger charge is -2.03. The Morgan fingerprint density at radius 1 is 1.45 bits per heavy atom. The molecule has 0 aliphatic carbocycles. The predicted molar refractivity (Wildman–Crippen MR) is 76.9 cm³/mol. The summed E-state index contributed by atoms with van der Waals surface area (Å²) in [5, 5.41) is 14.3. The van der Waals surface area contributed by atoms with E-state index in [-0.39, 0.29) is 12.4 Å². The maximum absolute atomic E-state index is 11.1. The summed E-state index contributed by atoms with van der Waals surface area (Å²) in [5.74, 6) is -0.303. The monoisotopic (exact) mass is 287 g/mol. The van der Waals surface area contributed by atoms with E-state index < -0.39 is 0 Å². The fourth-order valence-electron chi connectivity index (χ4n) is 1.59. The topological polar surface area (TPSA) is 75.0 Å². The first-order chi connectivity index (χ1) is 9.71. The molecule has 2 aromatic rings. The minimum absolute atomic E-state index is 0.176. The van der Waals surface area contributed by atoms with Crippen LogP contribution in [-0.2, 0) is 22.4 Å². The molecule has 0 aliphatic rings. The van der Waals surface area contributed by atoms with Crippen molar-refractivity contribution in [3.05, 3.63) is 40.9 Å². The summed E-state index contributed by atoms with van der Waals surface area (Å²) in [4.78, 5) is 15.4. The van der Waals surface area contributed by atoms with E-state index >= 15 is 0 Å². The molecule has 0 fully saturated rings. The second-order valence-corrected chi connectivity index (χ2v) is 4.91. The summed E-state index contributed by atoms with van der Waals surface area (Å²) >= 11 is 1.43. The number of nitrogens with one attached hydrogen (secondary N) is 1. The van der Waals surface area contributed by atoms with Crippen LogP contribution in [0.2, 0.25) is 0 Å². The number of aromatic nitrogens is 1. The molecular weight excluding hydrogens is 274 g/mol. The van der Waals surface area contributed by atoms with Gasteiger partial charge in [-0.3, -0.25) is 4.79 Å². The fraction of sp³-hybridized carbons (Fsp3) is 0.214. The molecule has 102 valence electrons. The van der Waals surface area contributed by atoms with Gasteiger partial charge in [-0.25, -0.2) is 4.98 Å². The lowest BCUT2D eigenvalue weighted by molar-refractivity contribution is -0.139. The van der Waals surface area contributed by atoms with Gasteiger partial charge in [0.2, 0.25) is 0 Å². The number of thiazole rings is 1. The van der Waals surface area contributed by atoms with Crippen molar-refractivity contribution in [2.24, 2.45) is 0 Å². The number of carbonyl (C=O) groups excluding carboxylic acids is 1. The zero-order chi connectivity index (χ0) is 14.4. The van der Waals surface area contributed by atoms with Crippen molar-refractivity contribution >= 4 is 28.1 Å². The minimum Gasteiger partial charge on any atom is -0.469 e. The average Bonchev–Trinajstić information content (AvgIpc) is 2.88. The van der Waals surface area contributed by atoms with Crippen LogP contribution in [0.3, 0.4) is 0 Å². The van der Waals surface area contributed by atoms with Crippen LogP contribution in [0.1, 0.15) is 11.3 Å². The molecule has 0 radical (unpaired) electrons. The van der Waals surface area contributed by atoms with Crippen molar-refractivity contribution < 1.29 is 9.53 Å². The number of anilines is 2. The van der Waals surface area contributed by atoms with E-state index in [1.54, 1.807) is 0 Å². The normalized spacial score (nSPS) is 9.80. The zero-order valence-electron chi connectivity index (χ0n) is 10.9. The standard InChI is InChI=1S/C14H13N3O2S/c1-19-13(18)8-12-9-20-14(17-12)16-11-4-2-10(3-5-11)6-7-15/h2-5,9H,6,8H2,1H3,(H,16,17). The lowest BCUT2D eigenvalue weighted by Crippen LogP contribution is -2.04. The van der Waals surface area contributed by atoms with E-state index in [2.05, 4.69) is 21.1 Å². The second-order valence-electron chi connectivity index (χ2n) is 4.05. The van der Waals surface area contributed by atoms with Gasteiger partial charge in [-0.15, -0.1) is 11.3 Å². The Morgan fingerprint density at radius 3 is 2.85 bits per heavy atom. The van der Waals surface area contributed by atoms with Crippen LogP contribution in [0.4, 0.5) is 10.8 Å². The summed E-state index contributed by atoms with van der Waals surface area (Å²) in [6, 6.07) is 9.69. The Balaban J connectivity index is 1.99. The Hall–Kier alpha value is -2.39. The van der Waals surface area contributed by atoms with Crippen molar-refractivity contribution in [3.63, 3.8) is 0 Å². The van der Waals surface area contributed by atoms with Crippen molar-refractivity contribution in [2.45, 2.75) is 12.8 Å². The first-order valence-electron chi connectivity index (χ1n) is 5.95. The van der Waals surface area contributed by atoms with Crippen molar-refractivity contribution in [1.29, 1.82) is 5.26 Å². The van der Waals surface area contributed by atoms with Crippen LogP contribution in [0.15, 0.2) is 29.6 Å².